The Morgan fingerprint density at radius 2 is 1.04 bits per heavy atom. The fourth-order valence-electron chi connectivity index (χ4n) is 2.22. The van der Waals surface area contributed by atoms with Crippen LogP contribution in [0.15, 0.2) is 60.9 Å². The van der Waals surface area contributed by atoms with Gasteiger partial charge >= 0.3 is 37.7 Å². The summed E-state index contributed by atoms with van der Waals surface area (Å²) in [7, 11) is 0. The molecule has 0 aliphatic carbocycles. The van der Waals surface area contributed by atoms with Crippen LogP contribution in [0.1, 0.15) is 0 Å². The van der Waals surface area contributed by atoms with Crippen molar-refractivity contribution in [2.24, 2.45) is 0 Å². The van der Waals surface area contributed by atoms with Crippen molar-refractivity contribution in [2.45, 2.75) is 0 Å². The van der Waals surface area contributed by atoms with Gasteiger partial charge in [0.15, 0.2) is 0 Å². The number of pyridine rings is 2. The van der Waals surface area contributed by atoms with Gasteiger partial charge in [0.2, 0.25) is 0 Å². The van der Waals surface area contributed by atoms with Gasteiger partial charge in [0.05, 0.1) is 11.0 Å². The van der Waals surface area contributed by atoms with E-state index < -0.39 is 0 Å². The van der Waals surface area contributed by atoms with E-state index in [1.165, 1.54) is 12.1 Å². The molecule has 4 aromatic rings. The maximum Gasteiger partial charge on any atom is 2.00 e. The van der Waals surface area contributed by atoms with Gasteiger partial charge in [0.1, 0.15) is 0 Å². The number of fused-ring (bicyclic) bond motifs is 2. The zero-order valence-corrected chi connectivity index (χ0v) is 16.7. The second-order valence-electron chi connectivity index (χ2n) is 4.89. The number of hydrogen-bond acceptors (Lipinski definition) is 4. The monoisotopic (exact) mass is 396 g/mol. The van der Waals surface area contributed by atoms with Crippen LogP contribution < -0.4 is 10.2 Å². The number of halogens is 2. The zero-order chi connectivity index (χ0) is 17.1. The van der Waals surface area contributed by atoms with Crippen molar-refractivity contribution in [1.29, 1.82) is 0 Å². The molecule has 0 unspecified atom stereocenters. The van der Waals surface area contributed by atoms with Gasteiger partial charge in [0, 0.05) is 33.2 Å². The average molecular weight is 397 g/mol. The molecule has 4 rings (SSSR count). The first-order chi connectivity index (χ1) is 11.6. The van der Waals surface area contributed by atoms with Crippen LogP contribution in [0, 0.1) is 0 Å². The van der Waals surface area contributed by atoms with Crippen molar-refractivity contribution in [1.82, 2.24) is 9.97 Å². The third-order valence-electron chi connectivity index (χ3n) is 3.36. The standard InChI is InChI=1S/2C9H6ClNO.Ca/c2*10-7-3-4-8(12)9-6(7)2-1-5-11-9;/h2*1-5,12H;/q;;+2/p-2. The van der Waals surface area contributed by atoms with Crippen molar-refractivity contribution < 1.29 is 10.2 Å². The van der Waals surface area contributed by atoms with Gasteiger partial charge in [-0.2, -0.15) is 0 Å². The van der Waals surface area contributed by atoms with Gasteiger partial charge in [-0.25, -0.2) is 0 Å². The number of benzene rings is 2. The average Bonchev–Trinajstić information content (AvgIpc) is 2.63. The van der Waals surface area contributed by atoms with Crippen LogP contribution in [0.3, 0.4) is 0 Å². The van der Waals surface area contributed by atoms with Gasteiger partial charge in [0.25, 0.3) is 0 Å². The molecule has 2 heterocycles. The predicted molar refractivity (Wildman–Crippen MR) is 98.2 cm³/mol. The topological polar surface area (TPSA) is 71.9 Å². The zero-order valence-electron chi connectivity index (χ0n) is 12.9. The second-order valence-corrected chi connectivity index (χ2v) is 5.70. The first kappa shape index (κ1) is 20.0. The molecule has 0 N–H and O–H groups in total. The molecule has 2 aromatic carbocycles. The minimum absolute atomic E-state index is 0. The molecule has 0 amide bonds. The van der Waals surface area contributed by atoms with Crippen LogP contribution in [-0.2, 0) is 0 Å². The molecule has 120 valence electrons. The van der Waals surface area contributed by atoms with Gasteiger partial charge < -0.3 is 10.2 Å². The van der Waals surface area contributed by atoms with Crippen LogP contribution in [0.2, 0.25) is 10.0 Å². The maximum absolute atomic E-state index is 11.2. The van der Waals surface area contributed by atoms with Crippen molar-refractivity contribution in [3.05, 3.63) is 71.0 Å². The normalized spacial score (nSPS) is 10.0. The fraction of sp³-hybridized carbons (Fsp3) is 0. The molecule has 25 heavy (non-hydrogen) atoms. The molecule has 0 radical (unpaired) electrons. The molecule has 0 saturated heterocycles. The first-order valence-electron chi connectivity index (χ1n) is 6.98. The maximum atomic E-state index is 11.2. The molecular formula is C18H10CaCl2N2O2. The smallest absolute Gasteiger partial charge is 0.871 e. The SMILES string of the molecule is [Ca+2].[O-]c1ccc(Cl)c2cccnc12.[O-]c1ccc(Cl)c2cccnc12. The van der Waals surface area contributed by atoms with Gasteiger partial charge in [-0.05, 0) is 36.4 Å². The Morgan fingerprint density at radius 1 is 0.640 bits per heavy atom. The van der Waals surface area contributed by atoms with E-state index in [-0.39, 0.29) is 49.2 Å². The largest absolute Gasteiger partial charge is 2.00 e. The molecular weight excluding hydrogens is 387 g/mol. The number of aromatic nitrogens is 2. The predicted octanol–water partition coefficient (Wildman–Crippen LogP) is 3.54. The van der Waals surface area contributed by atoms with E-state index in [1.807, 2.05) is 0 Å². The molecule has 0 spiro atoms. The Kier molecular flexibility index (Phi) is 7.11. The summed E-state index contributed by atoms with van der Waals surface area (Å²) in [5.74, 6) is -0.176. The summed E-state index contributed by atoms with van der Waals surface area (Å²) in [5.41, 5.74) is 0.870. The fourth-order valence-corrected chi connectivity index (χ4v) is 2.65. The third-order valence-corrected chi connectivity index (χ3v) is 4.02. The van der Waals surface area contributed by atoms with Crippen molar-refractivity contribution in [2.75, 3.05) is 0 Å². The van der Waals surface area contributed by atoms with E-state index in [2.05, 4.69) is 9.97 Å². The van der Waals surface area contributed by atoms with Crippen LogP contribution in [0.25, 0.3) is 21.8 Å². The van der Waals surface area contributed by atoms with E-state index >= 15 is 0 Å². The Bertz CT molecular complexity index is 864. The van der Waals surface area contributed by atoms with Crippen LogP contribution in [0.4, 0.5) is 0 Å². The van der Waals surface area contributed by atoms with E-state index in [1.54, 1.807) is 48.8 Å². The second kappa shape index (κ2) is 8.88. The minimum Gasteiger partial charge on any atom is -0.871 e. The van der Waals surface area contributed by atoms with Crippen molar-refractivity contribution in [3.63, 3.8) is 0 Å². The molecule has 0 saturated carbocycles. The number of nitrogens with zero attached hydrogens (tertiary/aromatic N) is 2. The summed E-state index contributed by atoms with van der Waals surface area (Å²) in [6.07, 6.45) is 3.17. The van der Waals surface area contributed by atoms with E-state index in [4.69, 9.17) is 23.2 Å². The molecule has 7 heteroatoms. The Morgan fingerprint density at radius 3 is 1.40 bits per heavy atom. The summed E-state index contributed by atoms with van der Waals surface area (Å²) in [6.45, 7) is 0. The Balaban J connectivity index is 0.000000173. The van der Waals surface area contributed by atoms with Crippen molar-refractivity contribution >= 4 is 82.7 Å². The van der Waals surface area contributed by atoms with Crippen LogP contribution in [0.5, 0.6) is 11.5 Å². The summed E-state index contributed by atoms with van der Waals surface area (Å²) in [4.78, 5) is 7.89. The van der Waals surface area contributed by atoms with Crippen LogP contribution in [-0.4, -0.2) is 47.7 Å². The third kappa shape index (κ3) is 4.46. The van der Waals surface area contributed by atoms with Gasteiger partial charge in [-0.15, -0.1) is 0 Å². The van der Waals surface area contributed by atoms with Gasteiger partial charge in [-0.3, -0.25) is 9.97 Å². The Labute approximate surface area is 184 Å². The molecule has 2 aromatic heterocycles. The molecule has 0 aliphatic rings. The minimum atomic E-state index is -0.0880. The van der Waals surface area contributed by atoms with Crippen molar-refractivity contribution in [3.8, 4) is 11.5 Å². The van der Waals surface area contributed by atoms with E-state index in [0.29, 0.717) is 31.9 Å². The summed E-state index contributed by atoms with van der Waals surface area (Å²) >= 11 is 11.7. The Hall–Kier alpha value is -1.30. The summed E-state index contributed by atoms with van der Waals surface area (Å²) in [6, 6.07) is 13.1. The van der Waals surface area contributed by atoms with E-state index in [0.717, 1.165) is 0 Å². The first-order valence-corrected chi connectivity index (χ1v) is 7.74. The number of hydrogen-bond donors (Lipinski definition) is 0. The van der Waals surface area contributed by atoms with Gasteiger partial charge in [-0.1, -0.05) is 46.8 Å². The molecule has 0 atom stereocenters. The van der Waals surface area contributed by atoms with Crippen LogP contribution >= 0.6 is 23.2 Å². The molecule has 0 fully saturated rings. The molecule has 4 nitrogen and oxygen atoms in total. The molecule has 0 aliphatic heterocycles. The number of rotatable bonds is 0. The molecule has 0 bridgehead atoms. The summed E-state index contributed by atoms with van der Waals surface area (Å²) < 4.78 is 0. The quantitative estimate of drug-likeness (QED) is 0.426. The van der Waals surface area contributed by atoms with E-state index in [9.17, 15) is 10.2 Å². The summed E-state index contributed by atoms with van der Waals surface area (Å²) in [5, 5.41) is 25.0.